The molecule has 1 aromatic heterocycles. The molecule has 0 aromatic carbocycles. The van der Waals surface area contributed by atoms with Gasteiger partial charge < -0.3 is 0 Å². The van der Waals surface area contributed by atoms with Gasteiger partial charge in [-0.05, 0) is 30.9 Å². The quantitative estimate of drug-likeness (QED) is 0.662. The van der Waals surface area contributed by atoms with E-state index in [1.54, 1.807) is 0 Å². The molecule has 0 atom stereocenters. The average Bonchev–Trinajstić information content (AvgIpc) is 2.35. The van der Waals surface area contributed by atoms with Crippen molar-refractivity contribution in [3.05, 3.63) is 21.9 Å². The Morgan fingerprint density at radius 3 is 2.42 bits per heavy atom. The van der Waals surface area contributed by atoms with Crippen LogP contribution in [0.25, 0.3) is 0 Å². The van der Waals surface area contributed by atoms with Crippen molar-refractivity contribution in [2.75, 3.05) is 0 Å². The maximum Gasteiger partial charge on any atom is 0.00533 e. The third-order valence-corrected chi connectivity index (χ3v) is 3.41. The summed E-state index contributed by atoms with van der Waals surface area (Å²) >= 11 is 1.93. The summed E-state index contributed by atoms with van der Waals surface area (Å²) in [7, 11) is 0. The van der Waals surface area contributed by atoms with Gasteiger partial charge in [0.2, 0.25) is 0 Å². The molecule has 0 N–H and O–H groups in total. The first-order valence-electron chi connectivity index (χ1n) is 4.59. The molecule has 1 heterocycles. The molecule has 0 aliphatic carbocycles. The Labute approximate surface area is 79.6 Å². The van der Waals surface area contributed by atoms with Gasteiger partial charge in [-0.3, -0.25) is 0 Å². The van der Waals surface area contributed by atoms with E-state index in [0.717, 1.165) is 0 Å². The second-order valence-electron chi connectivity index (χ2n) is 4.21. The molecule has 68 valence electrons. The molecule has 0 radical (unpaired) electrons. The average molecular weight is 182 g/mol. The highest BCUT2D eigenvalue weighted by molar-refractivity contribution is 7.11. The van der Waals surface area contributed by atoms with Crippen LogP contribution in [0.15, 0.2) is 12.1 Å². The molecule has 0 spiro atoms. The van der Waals surface area contributed by atoms with Crippen LogP contribution in [0.2, 0.25) is 0 Å². The van der Waals surface area contributed by atoms with Crippen LogP contribution in [0, 0.1) is 12.3 Å². The first-order valence-corrected chi connectivity index (χ1v) is 5.40. The van der Waals surface area contributed by atoms with Gasteiger partial charge in [0, 0.05) is 9.75 Å². The zero-order chi connectivity index (χ0) is 9.19. The fraction of sp³-hybridized carbons (Fsp3) is 0.636. The highest BCUT2D eigenvalue weighted by Gasteiger charge is 2.16. The van der Waals surface area contributed by atoms with E-state index >= 15 is 0 Å². The van der Waals surface area contributed by atoms with E-state index in [-0.39, 0.29) is 0 Å². The molecule has 0 saturated carbocycles. The third kappa shape index (κ3) is 2.63. The van der Waals surface area contributed by atoms with Crippen molar-refractivity contribution in [3.63, 3.8) is 0 Å². The molecular weight excluding hydrogens is 164 g/mol. The van der Waals surface area contributed by atoms with Crippen LogP contribution in [0.4, 0.5) is 0 Å². The van der Waals surface area contributed by atoms with Crippen LogP contribution in [-0.2, 0) is 6.42 Å². The minimum atomic E-state index is 0.470. The zero-order valence-electron chi connectivity index (χ0n) is 8.48. The van der Waals surface area contributed by atoms with Gasteiger partial charge in [-0.25, -0.2) is 0 Å². The zero-order valence-corrected chi connectivity index (χ0v) is 9.29. The molecule has 1 aromatic rings. The van der Waals surface area contributed by atoms with Crippen molar-refractivity contribution in [1.29, 1.82) is 0 Å². The standard InChI is InChI=1S/C11H18S/c1-5-11(3,4)8-10-7-6-9(2)12-10/h6-7H,5,8H2,1-4H3. The van der Waals surface area contributed by atoms with E-state index in [1.807, 2.05) is 11.3 Å². The molecule has 0 fully saturated rings. The predicted molar refractivity (Wildman–Crippen MR) is 56.8 cm³/mol. The van der Waals surface area contributed by atoms with Gasteiger partial charge in [0.05, 0.1) is 0 Å². The second-order valence-corrected chi connectivity index (χ2v) is 5.58. The van der Waals surface area contributed by atoms with Crippen molar-refractivity contribution in [1.82, 2.24) is 0 Å². The number of hydrogen-bond donors (Lipinski definition) is 0. The summed E-state index contributed by atoms with van der Waals surface area (Å²) in [6.07, 6.45) is 2.48. The Kier molecular flexibility index (Phi) is 2.94. The smallest absolute Gasteiger partial charge is 0.00533 e. The normalized spacial score (nSPS) is 12.0. The highest BCUT2D eigenvalue weighted by Crippen LogP contribution is 2.28. The maximum absolute atomic E-state index is 2.34. The Bertz CT molecular complexity index is 245. The summed E-state index contributed by atoms with van der Waals surface area (Å²) in [6.45, 7) is 9.11. The molecule has 1 heteroatoms. The first kappa shape index (κ1) is 9.79. The topological polar surface area (TPSA) is 0 Å². The van der Waals surface area contributed by atoms with Gasteiger partial charge in [-0.15, -0.1) is 11.3 Å². The Balaban J connectivity index is 2.63. The summed E-state index contributed by atoms with van der Waals surface area (Å²) in [4.78, 5) is 2.95. The van der Waals surface area contributed by atoms with Crippen molar-refractivity contribution in [2.24, 2.45) is 5.41 Å². The van der Waals surface area contributed by atoms with Crippen molar-refractivity contribution >= 4 is 11.3 Å². The van der Waals surface area contributed by atoms with Gasteiger partial charge in [0.15, 0.2) is 0 Å². The number of aryl methyl sites for hydroxylation is 1. The van der Waals surface area contributed by atoms with Gasteiger partial charge >= 0.3 is 0 Å². The monoisotopic (exact) mass is 182 g/mol. The third-order valence-electron chi connectivity index (χ3n) is 2.41. The van der Waals surface area contributed by atoms with E-state index in [0.29, 0.717) is 5.41 Å². The van der Waals surface area contributed by atoms with Gasteiger partial charge in [0.1, 0.15) is 0 Å². The molecule has 12 heavy (non-hydrogen) atoms. The van der Waals surface area contributed by atoms with Crippen molar-refractivity contribution < 1.29 is 0 Å². The van der Waals surface area contributed by atoms with E-state index in [9.17, 15) is 0 Å². The van der Waals surface area contributed by atoms with Crippen molar-refractivity contribution in [2.45, 2.75) is 40.5 Å². The molecule has 0 aliphatic rings. The fourth-order valence-corrected chi connectivity index (χ4v) is 2.33. The molecule has 0 nitrogen and oxygen atoms in total. The number of hydrogen-bond acceptors (Lipinski definition) is 1. The molecule has 1 rings (SSSR count). The van der Waals surface area contributed by atoms with Crippen LogP contribution in [0.1, 0.15) is 36.9 Å². The van der Waals surface area contributed by atoms with E-state index in [1.165, 1.54) is 22.6 Å². The van der Waals surface area contributed by atoms with Gasteiger partial charge in [0.25, 0.3) is 0 Å². The van der Waals surface area contributed by atoms with Crippen LogP contribution in [0.5, 0.6) is 0 Å². The summed E-state index contributed by atoms with van der Waals surface area (Å²) in [6, 6.07) is 4.48. The van der Waals surface area contributed by atoms with Crippen LogP contribution in [0.3, 0.4) is 0 Å². The SMILES string of the molecule is CCC(C)(C)Cc1ccc(C)s1. The molecule has 0 unspecified atom stereocenters. The Morgan fingerprint density at radius 1 is 1.33 bits per heavy atom. The summed E-state index contributed by atoms with van der Waals surface area (Å²) in [5, 5.41) is 0. The minimum absolute atomic E-state index is 0.470. The Morgan fingerprint density at radius 2 is 2.00 bits per heavy atom. The predicted octanol–water partition coefficient (Wildman–Crippen LogP) is 4.04. The van der Waals surface area contributed by atoms with E-state index < -0.39 is 0 Å². The summed E-state index contributed by atoms with van der Waals surface area (Å²) in [5.41, 5.74) is 0.470. The maximum atomic E-state index is 2.34. The van der Waals surface area contributed by atoms with Gasteiger partial charge in [-0.1, -0.05) is 27.2 Å². The molecule has 0 aliphatic heterocycles. The Hall–Kier alpha value is -0.300. The molecule has 0 bridgehead atoms. The second kappa shape index (κ2) is 3.61. The minimum Gasteiger partial charge on any atom is -0.146 e. The lowest BCUT2D eigenvalue weighted by atomic mass is 9.86. The summed E-state index contributed by atoms with van der Waals surface area (Å²) in [5.74, 6) is 0. The largest absolute Gasteiger partial charge is 0.146 e. The number of thiophene rings is 1. The van der Waals surface area contributed by atoms with Crippen molar-refractivity contribution in [3.8, 4) is 0 Å². The lowest BCUT2D eigenvalue weighted by Gasteiger charge is -2.21. The molecular formula is C11H18S. The van der Waals surface area contributed by atoms with Crippen LogP contribution < -0.4 is 0 Å². The van der Waals surface area contributed by atoms with Crippen LogP contribution >= 0.6 is 11.3 Å². The van der Waals surface area contributed by atoms with E-state index in [4.69, 9.17) is 0 Å². The lowest BCUT2D eigenvalue weighted by molar-refractivity contribution is 0.352. The fourth-order valence-electron chi connectivity index (χ4n) is 1.18. The highest BCUT2D eigenvalue weighted by atomic mass is 32.1. The van der Waals surface area contributed by atoms with Gasteiger partial charge in [-0.2, -0.15) is 0 Å². The van der Waals surface area contributed by atoms with E-state index in [2.05, 4.69) is 39.8 Å². The summed E-state index contributed by atoms with van der Waals surface area (Å²) < 4.78 is 0. The number of rotatable bonds is 3. The molecule has 0 saturated heterocycles. The lowest BCUT2D eigenvalue weighted by Crippen LogP contribution is -2.12. The molecule has 0 amide bonds. The first-order chi connectivity index (χ1) is 5.53. The van der Waals surface area contributed by atoms with Crippen LogP contribution in [-0.4, -0.2) is 0 Å².